The Morgan fingerprint density at radius 2 is 0.944 bits per heavy atom. The van der Waals surface area contributed by atoms with Crippen LogP contribution < -0.4 is 0 Å². The summed E-state index contributed by atoms with van der Waals surface area (Å²) in [5.74, 6) is -3.29. The van der Waals surface area contributed by atoms with E-state index < -0.39 is 67.3 Å². The summed E-state index contributed by atoms with van der Waals surface area (Å²) in [7, 11) is 0. The van der Waals surface area contributed by atoms with Crippen molar-refractivity contribution in [3.8, 4) is 0 Å². The van der Waals surface area contributed by atoms with E-state index in [1.165, 1.54) is 77.0 Å². The lowest BCUT2D eigenvalue weighted by Gasteiger charge is -2.40. The van der Waals surface area contributed by atoms with E-state index in [-0.39, 0.29) is 25.9 Å². The largest absolute Gasteiger partial charge is 0.479 e. The number of carboxylic acids is 1. The number of carbonyl (C=O) groups is 4. The number of unbranched alkanes of at least 4 members (excludes halogenated alkanes) is 21. The van der Waals surface area contributed by atoms with E-state index in [1.807, 2.05) is 12.2 Å². The van der Waals surface area contributed by atoms with E-state index in [9.17, 15) is 34.5 Å². The van der Waals surface area contributed by atoms with Gasteiger partial charge in [-0.25, -0.2) is 4.79 Å². The third kappa shape index (κ3) is 37.6. The average molecular weight is 999 g/mol. The number of allylic oxidation sites excluding steroid dienone is 11. The third-order valence-electron chi connectivity index (χ3n) is 12.3. The highest BCUT2D eigenvalue weighted by Gasteiger charge is 2.50. The molecule has 6 atom stereocenters. The fourth-order valence-corrected chi connectivity index (χ4v) is 8.01. The predicted molar refractivity (Wildman–Crippen MR) is 285 cm³/mol. The fourth-order valence-electron chi connectivity index (χ4n) is 8.01. The standard InChI is InChI=1S/C59H98O12/c1-4-7-10-13-16-19-22-24-26-28-31-33-36-39-42-45-51(60)67-48-50(69-52(61)46-43-40-37-34-30-21-18-15-12-9-6-3)49-68-59-57(55(64)54(63)56(71-59)58(65)66)70-53(62)47-44-41-38-35-32-29-27-25-23-20-17-14-11-8-5-2/h7,10,15-16,18-19,24,26,31,33,39,42,50,54-57,59,63-64H,4-6,8-9,11-14,17,20-23,25,27-30,32,34-38,40-41,43-49H2,1-3H3,(H,65,66)/b10-7-,18-15-,19-16-,26-24-,33-31-,42-39-. The Morgan fingerprint density at radius 3 is 1.45 bits per heavy atom. The zero-order valence-corrected chi connectivity index (χ0v) is 44.4. The molecule has 12 heteroatoms. The van der Waals surface area contributed by atoms with Gasteiger partial charge in [0.1, 0.15) is 18.8 Å². The zero-order chi connectivity index (χ0) is 51.8. The summed E-state index contributed by atoms with van der Waals surface area (Å²) in [4.78, 5) is 50.9. The molecule has 1 saturated heterocycles. The molecule has 1 aliphatic heterocycles. The number of rotatable bonds is 46. The molecule has 0 aromatic rings. The Morgan fingerprint density at radius 1 is 0.493 bits per heavy atom. The Labute approximate surface area is 429 Å². The van der Waals surface area contributed by atoms with E-state index in [4.69, 9.17) is 23.7 Å². The number of ether oxygens (including phenoxy) is 5. The minimum atomic E-state index is -1.91. The SMILES string of the molecule is CC/C=C\C/C=C\C/C=C\C/C=C\C/C=C\CC(=O)OCC(COC1OC(C(=O)O)C(O)C(O)C1OC(=O)CCCCCCCCCCCCCCCCC)OC(=O)CCCCCCC/C=C\CCCC. The summed E-state index contributed by atoms with van der Waals surface area (Å²) in [6.45, 7) is 5.73. The summed E-state index contributed by atoms with van der Waals surface area (Å²) in [5, 5.41) is 31.4. The fraction of sp³-hybridized carbons (Fsp3) is 0.729. The molecular weight excluding hydrogens is 901 g/mol. The van der Waals surface area contributed by atoms with Gasteiger partial charge in [0.15, 0.2) is 24.6 Å². The van der Waals surface area contributed by atoms with Gasteiger partial charge < -0.3 is 39.0 Å². The van der Waals surface area contributed by atoms with E-state index in [2.05, 4.69) is 75.5 Å². The van der Waals surface area contributed by atoms with Gasteiger partial charge in [0.25, 0.3) is 0 Å². The Hall–Kier alpha value is -3.84. The monoisotopic (exact) mass is 999 g/mol. The molecule has 71 heavy (non-hydrogen) atoms. The predicted octanol–water partition coefficient (Wildman–Crippen LogP) is 13.8. The van der Waals surface area contributed by atoms with Crippen molar-refractivity contribution in [2.75, 3.05) is 13.2 Å². The van der Waals surface area contributed by atoms with E-state index >= 15 is 0 Å². The molecule has 3 N–H and O–H groups in total. The zero-order valence-electron chi connectivity index (χ0n) is 44.4. The summed E-state index contributed by atoms with van der Waals surface area (Å²) >= 11 is 0. The molecule has 0 aromatic heterocycles. The number of aliphatic hydroxyl groups excluding tert-OH is 2. The van der Waals surface area contributed by atoms with Crippen molar-refractivity contribution < 1.29 is 58.2 Å². The Kier molecular flexibility index (Phi) is 43.3. The average Bonchev–Trinajstić information content (AvgIpc) is 3.35. The van der Waals surface area contributed by atoms with Crippen molar-refractivity contribution in [2.45, 2.75) is 263 Å². The molecule has 0 radical (unpaired) electrons. The lowest BCUT2D eigenvalue weighted by molar-refractivity contribution is -0.301. The molecule has 12 nitrogen and oxygen atoms in total. The Balaban J connectivity index is 2.75. The van der Waals surface area contributed by atoms with Crippen molar-refractivity contribution >= 4 is 23.9 Å². The third-order valence-corrected chi connectivity index (χ3v) is 12.3. The van der Waals surface area contributed by atoms with Crippen LogP contribution in [0.5, 0.6) is 0 Å². The van der Waals surface area contributed by atoms with E-state index in [0.717, 1.165) is 89.9 Å². The first kappa shape index (κ1) is 65.2. The van der Waals surface area contributed by atoms with Crippen LogP contribution in [0.1, 0.15) is 226 Å². The second kappa shape index (κ2) is 47.2. The van der Waals surface area contributed by atoms with Crippen molar-refractivity contribution in [1.29, 1.82) is 0 Å². The van der Waals surface area contributed by atoms with Gasteiger partial charge >= 0.3 is 23.9 Å². The number of hydrogen-bond donors (Lipinski definition) is 3. The second-order valence-electron chi connectivity index (χ2n) is 18.9. The summed E-state index contributed by atoms with van der Waals surface area (Å²) in [5.41, 5.74) is 0. The highest BCUT2D eigenvalue weighted by Crippen LogP contribution is 2.26. The van der Waals surface area contributed by atoms with Crippen LogP contribution in [-0.4, -0.2) is 89.2 Å². The highest BCUT2D eigenvalue weighted by molar-refractivity contribution is 5.74. The molecule has 0 aliphatic carbocycles. The maximum atomic E-state index is 13.1. The quantitative estimate of drug-likeness (QED) is 0.0228. The van der Waals surface area contributed by atoms with Crippen LogP contribution in [0.4, 0.5) is 0 Å². The molecule has 0 amide bonds. The van der Waals surface area contributed by atoms with Crippen molar-refractivity contribution in [2.24, 2.45) is 0 Å². The first-order chi connectivity index (χ1) is 34.6. The first-order valence-electron chi connectivity index (χ1n) is 27.9. The number of aliphatic carboxylic acids is 1. The molecule has 1 rings (SSSR count). The lowest BCUT2D eigenvalue weighted by atomic mass is 9.98. The van der Waals surface area contributed by atoms with Gasteiger partial charge in [-0.1, -0.05) is 216 Å². The molecule has 1 aliphatic rings. The lowest BCUT2D eigenvalue weighted by Crippen LogP contribution is -2.61. The summed E-state index contributed by atoms with van der Waals surface area (Å²) in [6.07, 6.45) is 46.3. The second-order valence-corrected chi connectivity index (χ2v) is 18.9. The van der Waals surface area contributed by atoms with Crippen LogP contribution in [0.2, 0.25) is 0 Å². The van der Waals surface area contributed by atoms with Crippen LogP contribution in [0.3, 0.4) is 0 Å². The van der Waals surface area contributed by atoms with Crippen LogP contribution in [0, 0.1) is 0 Å². The number of hydrogen-bond acceptors (Lipinski definition) is 11. The van der Waals surface area contributed by atoms with Gasteiger partial charge in [0.05, 0.1) is 13.0 Å². The summed E-state index contributed by atoms with van der Waals surface area (Å²) in [6, 6.07) is 0. The van der Waals surface area contributed by atoms with Crippen LogP contribution >= 0.6 is 0 Å². The number of esters is 3. The minimum absolute atomic E-state index is 0.0168. The van der Waals surface area contributed by atoms with Gasteiger partial charge in [-0.3, -0.25) is 14.4 Å². The maximum Gasteiger partial charge on any atom is 0.335 e. The highest BCUT2D eigenvalue weighted by atomic mass is 16.7. The molecule has 6 unspecified atom stereocenters. The molecule has 1 heterocycles. The molecule has 406 valence electrons. The van der Waals surface area contributed by atoms with Gasteiger partial charge in [-0.15, -0.1) is 0 Å². The number of carboxylic acid groups (broad SMARTS) is 1. The molecule has 0 spiro atoms. The molecule has 0 bridgehead atoms. The molecular formula is C59H98O12. The molecule has 0 saturated carbocycles. The summed E-state index contributed by atoms with van der Waals surface area (Å²) < 4.78 is 28.2. The number of aliphatic hydroxyl groups is 2. The number of carbonyl (C=O) groups excluding carboxylic acids is 3. The van der Waals surface area contributed by atoms with Crippen molar-refractivity contribution in [3.05, 3.63) is 72.9 Å². The van der Waals surface area contributed by atoms with Crippen LogP contribution in [-0.2, 0) is 42.9 Å². The molecule has 0 aromatic carbocycles. The normalized spacial score (nSPS) is 19.0. The minimum Gasteiger partial charge on any atom is -0.479 e. The van der Waals surface area contributed by atoms with Crippen molar-refractivity contribution in [3.63, 3.8) is 0 Å². The maximum absolute atomic E-state index is 13.1. The van der Waals surface area contributed by atoms with Gasteiger partial charge in [-0.2, -0.15) is 0 Å². The smallest absolute Gasteiger partial charge is 0.335 e. The van der Waals surface area contributed by atoms with Crippen LogP contribution in [0.15, 0.2) is 72.9 Å². The van der Waals surface area contributed by atoms with E-state index in [1.54, 1.807) is 6.08 Å². The van der Waals surface area contributed by atoms with Crippen LogP contribution in [0.25, 0.3) is 0 Å². The van der Waals surface area contributed by atoms with Gasteiger partial charge in [-0.05, 0) is 64.2 Å². The van der Waals surface area contributed by atoms with Gasteiger partial charge in [0, 0.05) is 12.8 Å². The first-order valence-corrected chi connectivity index (χ1v) is 27.9. The Bertz CT molecular complexity index is 1510. The topological polar surface area (TPSA) is 175 Å². The van der Waals surface area contributed by atoms with Crippen molar-refractivity contribution in [1.82, 2.24) is 0 Å². The van der Waals surface area contributed by atoms with E-state index in [0.29, 0.717) is 19.3 Å². The molecule has 1 fully saturated rings. The van der Waals surface area contributed by atoms with Gasteiger partial charge in [0.2, 0.25) is 0 Å².